The van der Waals surface area contributed by atoms with Crippen LogP contribution in [0.4, 0.5) is 5.69 Å². The molecule has 1 rings (SSSR count). The van der Waals surface area contributed by atoms with Crippen molar-refractivity contribution in [2.45, 2.75) is 20.3 Å². The Balaban J connectivity index is 2.50. The van der Waals surface area contributed by atoms with Crippen LogP contribution in [0.25, 0.3) is 6.08 Å². The number of carbonyl (C=O) groups is 1. The number of likely N-dealkylation sites (N-methyl/N-ethyl adjacent to an activating group) is 1. The molecule has 0 atom stereocenters. The van der Waals surface area contributed by atoms with Crippen LogP contribution in [-0.4, -0.2) is 44.6 Å². The highest BCUT2D eigenvalue weighted by Gasteiger charge is 2.02. The van der Waals surface area contributed by atoms with Gasteiger partial charge in [0.2, 0.25) is 5.91 Å². The Bertz CT molecular complexity index is 525. The number of nitrogen functional groups attached to an aromatic ring is 1. The van der Waals surface area contributed by atoms with E-state index in [-0.39, 0.29) is 5.91 Å². The predicted molar refractivity (Wildman–Crippen MR) is 96.4 cm³/mol. The Morgan fingerprint density at radius 1 is 1.39 bits per heavy atom. The number of anilines is 1. The van der Waals surface area contributed by atoms with E-state index >= 15 is 0 Å². The Labute approximate surface area is 139 Å². The molecular weight excluding hydrogens is 290 g/mol. The molecular formula is C18H29N3O2. The maximum absolute atomic E-state index is 11.7. The summed E-state index contributed by atoms with van der Waals surface area (Å²) in [6, 6.07) is 5.55. The van der Waals surface area contributed by atoms with Crippen LogP contribution in [0.1, 0.15) is 25.8 Å². The molecule has 0 aliphatic rings. The molecule has 5 heteroatoms. The van der Waals surface area contributed by atoms with Gasteiger partial charge in [-0.1, -0.05) is 19.9 Å². The molecule has 1 aromatic rings. The topological polar surface area (TPSA) is 67.6 Å². The number of benzene rings is 1. The molecule has 3 N–H and O–H groups in total. The largest absolute Gasteiger partial charge is 0.491 e. The average Bonchev–Trinajstić information content (AvgIpc) is 2.46. The zero-order valence-electron chi connectivity index (χ0n) is 14.6. The van der Waals surface area contributed by atoms with Crippen molar-refractivity contribution in [2.24, 2.45) is 5.92 Å². The van der Waals surface area contributed by atoms with Crippen LogP contribution in [-0.2, 0) is 4.79 Å². The first kappa shape index (κ1) is 19.0. The molecule has 0 heterocycles. The molecule has 5 nitrogen and oxygen atoms in total. The van der Waals surface area contributed by atoms with Crippen LogP contribution < -0.4 is 15.8 Å². The number of hydrogen-bond acceptors (Lipinski definition) is 4. The molecule has 0 fully saturated rings. The molecule has 0 saturated heterocycles. The van der Waals surface area contributed by atoms with E-state index in [0.717, 1.165) is 18.5 Å². The Morgan fingerprint density at radius 2 is 2.13 bits per heavy atom. The number of hydrogen-bond donors (Lipinski definition) is 2. The van der Waals surface area contributed by atoms with Crippen LogP contribution >= 0.6 is 0 Å². The fourth-order valence-corrected chi connectivity index (χ4v) is 1.84. The number of rotatable bonds is 9. The van der Waals surface area contributed by atoms with Gasteiger partial charge in [0.25, 0.3) is 0 Å². The molecule has 0 unspecified atom stereocenters. The van der Waals surface area contributed by atoms with Gasteiger partial charge in [-0.3, -0.25) is 4.79 Å². The first-order chi connectivity index (χ1) is 10.9. The van der Waals surface area contributed by atoms with Crippen LogP contribution in [0.15, 0.2) is 24.3 Å². The molecule has 0 saturated carbocycles. The van der Waals surface area contributed by atoms with E-state index < -0.39 is 0 Å². The van der Waals surface area contributed by atoms with Gasteiger partial charge in [0, 0.05) is 19.2 Å². The quantitative estimate of drug-likeness (QED) is 0.542. The van der Waals surface area contributed by atoms with Crippen molar-refractivity contribution in [3.8, 4) is 5.75 Å². The number of nitrogens with two attached hydrogens (primary N) is 1. The van der Waals surface area contributed by atoms with Crippen LogP contribution in [0, 0.1) is 5.92 Å². The lowest BCUT2D eigenvalue weighted by Gasteiger charge is -2.11. The Kier molecular flexibility index (Phi) is 8.19. The molecule has 0 bridgehead atoms. The first-order valence-electron chi connectivity index (χ1n) is 8.01. The summed E-state index contributed by atoms with van der Waals surface area (Å²) in [5.74, 6) is 1.19. The number of carbonyl (C=O) groups excluding carboxylic acids is 1. The summed E-state index contributed by atoms with van der Waals surface area (Å²) in [6.45, 7) is 6.41. The number of amides is 1. The lowest BCUT2D eigenvalue weighted by molar-refractivity contribution is -0.116. The van der Waals surface area contributed by atoms with Gasteiger partial charge in [0.1, 0.15) is 5.75 Å². The molecule has 1 amide bonds. The lowest BCUT2D eigenvalue weighted by atomic mass is 10.1. The van der Waals surface area contributed by atoms with Gasteiger partial charge in [-0.05, 0) is 50.2 Å². The fourth-order valence-electron chi connectivity index (χ4n) is 1.84. The van der Waals surface area contributed by atoms with Gasteiger partial charge in [-0.15, -0.1) is 0 Å². The number of nitrogens with one attached hydrogen (secondary N) is 1. The van der Waals surface area contributed by atoms with Gasteiger partial charge in [-0.2, -0.15) is 0 Å². The second-order valence-corrected chi connectivity index (χ2v) is 6.26. The predicted octanol–water partition coefficient (Wildman–Crippen LogP) is 2.38. The second-order valence-electron chi connectivity index (χ2n) is 6.26. The van der Waals surface area contributed by atoms with Gasteiger partial charge in [0.05, 0.1) is 12.3 Å². The third kappa shape index (κ3) is 8.26. The molecule has 0 aliphatic carbocycles. The zero-order valence-corrected chi connectivity index (χ0v) is 14.6. The maximum atomic E-state index is 11.7. The monoisotopic (exact) mass is 319 g/mol. The van der Waals surface area contributed by atoms with E-state index in [0.29, 0.717) is 30.5 Å². The van der Waals surface area contributed by atoms with Crippen molar-refractivity contribution in [3.05, 3.63) is 29.8 Å². The minimum absolute atomic E-state index is 0.109. The summed E-state index contributed by atoms with van der Waals surface area (Å²) in [4.78, 5) is 13.7. The minimum Gasteiger partial charge on any atom is -0.491 e. The molecule has 1 aromatic carbocycles. The number of ether oxygens (including phenoxy) is 1. The summed E-state index contributed by atoms with van der Waals surface area (Å²) >= 11 is 0. The fraction of sp³-hybridized carbons (Fsp3) is 0.500. The van der Waals surface area contributed by atoms with E-state index in [4.69, 9.17) is 10.5 Å². The highest BCUT2D eigenvalue weighted by Crippen LogP contribution is 2.23. The Hall–Kier alpha value is -2.01. The molecule has 0 spiro atoms. The van der Waals surface area contributed by atoms with Gasteiger partial charge in [-0.25, -0.2) is 0 Å². The first-order valence-corrected chi connectivity index (χ1v) is 8.01. The molecule has 128 valence electrons. The van der Waals surface area contributed by atoms with E-state index in [1.807, 2.05) is 37.2 Å². The summed E-state index contributed by atoms with van der Waals surface area (Å²) in [5.41, 5.74) is 7.46. The maximum Gasteiger partial charge on any atom is 0.244 e. The van der Waals surface area contributed by atoms with Crippen molar-refractivity contribution in [2.75, 3.05) is 39.5 Å². The molecule has 0 radical (unpaired) electrons. The van der Waals surface area contributed by atoms with E-state index in [2.05, 4.69) is 19.2 Å². The van der Waals surface area contributed by atoms with Crippen molar-refractivity contribution in [1.82, 2.24) is 10.2 Å². The van der Waals surface area contributed by atoms with Crippen molar-refractivity contribution in [3.63, 3.8) is 0 Å². The number of nitrogens with zero attached hydrogens (tertiary/aromatic N) is 1. The molecule has 0 aliphatic heterocycles. The lowest BCUT2D eigenvalue weighted by Crippen LogP contribution is -2.30. The SMILES string of the molecule is CC(C)CCOc1ccc(/C=C\C(=O)NCCN(C)C)cc1N. The van der Waals surface area contributed by atoms with Gasteiger partial charge >= 0.3 is 0 Å². The Morgan fingerprint density at radius 3 is 2.74 bits per heavy atom. The smallest absolute Gasteiger partial charge is 0.244 e. The van der Waals surface area contributed by atoms with E-state index in [1.165, 1.54) is 6.08 Å². The van der Waals surface area contributed by atoms with E-state index in [9.17, 15) is 4.79 Å². The second kappa shape index (κ2) is 9.90. The van der Waals surface area contributed by atoms with Gasteiger partial charge < -0.3 is 20.7 Å². The summed E-state index contributed by atoms with van der Waals surface area (Å²) in [7, 11) is 3.94. The van der Waals surface area contributed by atoms with Crippen molar-refractivity contribution < 1.29 is 9.53 Å². The summed E-state index contributed by atoms with van der Waals surface area (Å²) < 4.78 is 5.67. The highest BCUT2D eigenvalue weighted by molar-refractivity contribution is 5.91. The van der Waals surface area contributed by atoms with Crippen LogP contribution in [0.3, 0.4) is 0 Å². The third-order valence-electron chi connectivity index (χ3n) is 3.27. The summed E-state index contributed by atoms with van der Waals surface area (Å²) in [6.07, 6.45) is 4.26. The highest BCUT2D eigenvalue weighted by atomic mass is 16.5. The third-order valence-corrected chi connectivity index (χ3v) is 3.27. The van der Waals surface area contributed by atoms with Crippen molar-refractivity contribution in [1.29, 1.82) is 0 Å². The molecule has 0 aromatic heterocycles. The minimum atomic E-state index is -0.109. The summed E-state index contributed by atoms with van der Waals surface area (Å²) in [5, 5.41) is 2.83. The van der Waals surface area contributed by atoms with Gasteiger partial charge in [0.15, 0.2) is 0 Å². The zero-order chi connectivity index (χ0) is 17.2. The molecule has 23 heavy (non-hydrogen) atoms. The standard InChI is InChI=1S/C18H29N3O2/c1-14(2)9-12-23-17-7-5-15(13-16(17)19)6-8-18(22)20-10-11-21(3)4/h5-8,13-14H,9-12,19H2,1-4H3,(H,20,22)/b8-6-. The normalized spacial score (nSPS) is 11.4. The van der Waals surface area contributed by atoms with Crippen LogP contribution in [0.2, 0.25) is 0 Å². The van der Waals surface area contributed by atoms with E-state index in [1.54, 1.807) is 6.08 Å². The van der Waals surface area contributed by atoms with Crippen LogP contribution in [0.5, 0.6) is 5.75 Å². The van der Waals surface area contributed by atoms with Crippen molar-refractivity contribution >= 4 is 17.7 Å². The average molecular weight is 319 g/mol.